The van der Waals surface area contributed by atoms with E-state index in [-0.39, 0.29) is 5.41 Å². The van der Waals surface area contributed by atoms with Gasteiger partial charge in [-0.3, -0.25) is 4.79 Å². The Labute approximate surface area is 166 Å². The molecule has 0 bridgehead atoms. The Morgan fingerprint density at radius 3 is 2.64 bits per heavy atom. The Bertz CT molecular complexity index is 937. The van der Waals surface area contributed by atoms with Crippen molar-refractivity contribution in [1.82, 2.24) is 9.97 Å². The van der Waals surface area contributed by atoms with E-state index in [0.717, 1.165) is 36.3 Å². The Kier molecular flexibility index (Phi) is 5.69. The van der Waals surface area contributed by atoms with Crippen LogP contribution in [0.2, 0.25) is 0 Å². The molecular weight excluding hydrogens is 352 g/mol. The topological polar surface area (TPSA) is 72.3 Å². The number of fused-ring (bicyclic) bond motifs is 1. The summed E-state index contributed by atoms with van der Waals surface area (Å²) in [4.78, 5) is 19.8. The number of aromatic nitrogens is 2. The molecule has 5 heteroatoms. The maximum atomic E-state index is 11.4. The summed E-state index contributed by atoms with van der Waals surface area (Å²) in [5.74, 6) is 6.03. The molecular formula is C23H26N2O3. The highest BCUT2D eigenvalue weighted by Crippen LogP contribution is 2.39. The van der Waals surface area contributed by atoms with Crippen LogP contribution in [0, 0.1) is 18.8 Å². The van der Waals surface area contributed by atoms with E-state index in [9.17, 15) is 9.90 Å². The fourth-order valence-electron chi connectivity index (χ4n) is 3.39. The van der Waals surface area contributed by atoms with Crippen LogP contribution < -0.4 is 4.74 Å². The number of carboxylic acids is 1. The first-order valence-electron chi connectivity index (χ1n) is 9.66. The molecule has 1 aliphatic rings. The lowest BCUT2D eigenvalue weighted by Gasteiger charge is -2.33. The first-order valence-corrected chi connectivity index (χ1v) is 9.66. The van der Waals surface area contributed by atoms with Crippen molar-refractivity contribution in [3.63, 3.8) is 0 Å². The van der Waals surface area contributed by atoms with E-state index in [2.05, 4.69) is 47.8 Å². The fraction of sp³-hybridized carbons (Fsp3) is 0.435. The van der Waals surface area contributed by atoms with Crippen molar-refractivity contribution in [3.8, 4) is 17.6 Å². The van der Waals surface area contributed by atoms with E-state index in [1.54, 1.807) is 12.4 Å². The zero-order valence-corrected chi connectivity index (χ0v) is 16.9. The summed E-state index contributed by atoms with van der Waals surface area (Å²) >= 11 is 0. The molecule has 2 aromatic rings. The lowest BCUT2D eigenvalue weighted by molar-refractivity contribution is -0.139. The quantitative estimate of drug-likeness (QED) is 0.807. The molecule has 1 aromatic heterocycles. The maximum Gasteiger partial charge on any atom is 0.314 e. The third-order valence-corrected chi connectivity index (χ3v) is 5.24. The molecule has 0 fully saturated rings. The van der Waals surface area contributed by atoms with Crippen molar-refractivity contribution in [2.75, 3.05) is 6.61 Å². The average Bonchev–Trinajstić information content (AvgIpc) is 2.65. The Hall–Kier alpha value is -2.87. The second-order valence-corrected chi connectivity index (χ2v) is 7.91. The van der Waals surface area contributed by atoms with Crippen LogP contribution in [-0.2, 0) is 10.2 Å². The summed E-state index contributed by atoms with van der Waals surface area (Å²) in [6.45, 7) is 9.16. The van der Waals surface area contributed by atoms with Gasteiger partial charge in [-0.25, -0.2) is 9.97 Å². The van der Waals surface area contributed by atoms with Crippen molar-refractivity contribution in [2.45, 2.75) is 58.3 Å². The minimum atomic E-state index is -0.893. The molecule has 1 atom stereocenters. The normalized spacial score (nSPS) is 15.6. The van der Waals surface area contributed by atoms with Crippen LogP contribution in [0.1, 0.15) is 74.0 Å². The van der Waals surface area contributed by atoms with Crippen LogP contribution in [0.5, 0.6) is 5.75 Å². The van der Waals surface area contributed by atoms with Gasteiger partial charge in [0.1, 0.15) is 17.5 Å². The van der Waals surface area contributed by atoms with Crippen molar-refractivity contribution in [2.24, 2.45) is 0 Å². The zero-order chi connectivity index (χ0) is 20.3. The zero-order valence-electron chi connectivity index (χ0n) is 16.9. The van der Waals surface area contributed by atoms with E-state index in [1.165, 1.54) is 5.56 Å². The van der Waals surface area contributed by atoms with Crippen molar-refractivity contribution in [1.29, 1.82) is 0 Å². The number of hydrogen-bond acceptors (Lipinski definition) is 4. The average molecular weight is 378 g/mol. The molecule has 0 amide bonds. The van der Waals surface area contributed by atoms with Gasteiger partial charge in [0.15, 0.2) is 0 Å². The van der Waals surface area contributed by atoms with Gasteiger partial charge in [0.2, 0.25) is 0 Å². The highest BCUT2D eigenvalue weighted by molar-refractivity contribution is 5.74. The molecule has 28 heavy (non-hydrogen) atoms. The van der Waals surface area contributed by atoms with E-state index in [0.29, 0.717) is 17.8 Å². The van der Waals surface area contributed by atoms with Crippen molar-refractivity contribution < 1.29 is 14.6 Å². The van der Waals surface area contributed by atoms with Gasteiger partial charge in [-0.15, -0.1) is 0 Å². The number of hydrogen-bond donors (Lipinski definition) is 1. The van der Waals surface area contributed by atoms with Gasteiger partial charge in [0, 0.05) is 23.5 Å². The Morgan fingerprint density at radius 2 is 2.00 bits per heavy atom. The monoisotopic (exact) mass is 378 g/mol. The molecule has 1 aromatic carbocycles. The number of aliphatic carboxylic acids is 1. The molecule has 146 valence electrons. The highest BCUT2D eigenvalue weighted by Gasteiger charge is 2.29. The van der Waals surface area contributed by atoms with Gasteiger partial charge >= 0.3 is 5.97 Å². The number of aryl methyl sites for hydroxylation is 1. The molecule has 5 nitrogen and oxygen atoms in total. The van der Waals surface area contributed by atoms with Gasteiger partial charge in [0.05, 0.1) is 12.2 Å². The molecule has 1 unspecified atom stereocenters. The number of carboxylic acid groups (broad SMARTS) is 1. The summed E-state index contributed by atoms with van der Waals surface area (Å²) < 4.78 is 5.82. The fourth-order valence-corrected chi connectivity index (χ4v) is 3.39. The molecule has 2 heterocycles. The van der Waals surface area contributed by atoms with Gasteiger partial charge in [-0.05, 0) is 42.9 Å². The number of ether oxygens (including phenoxy) is 1. The lowest BCUT2D eigenvalue weighted by Crippen LogP contribution is -2.26. The summed E-state index contributed by atoms with van der Waals surface area (Å²) in [6.07, 6.45) is 5.46. The summed E-state index contributed by atoms with van der Waals surface area (Å²) in [5, 5.41) is 9.33. The molecule has 1 aliphatic heterocycles. The van der Waals surface area contributed by atoms with Crippen LogP contribution in [0.3, 0.4) is 0 Å². The van der Waals surface area contributed by atoms with Gasteiger partial charge in [0.25, 0.3) is 0 Å². The van der Waals surface area contributed by atoms with E-state index >= 15 is 0 Å². The van der Waals surface area contributed by atoms with Crippen LogP contribution in [0.25, 0.3) is 0 Å². The van der Waals surface area contributed by atoms with Crippen LogP contribution in [0.4, 0.5) is 0 Å². The second kappa shape index (κ2) is 8.02. The number of benzene rings is 1. The number of rotatable bonds is 4. The predicted octanol–water partition coefficient (Wildman–Crippen LogP) is 4.21. The van der Waals surface area contributed by atoms with Crippen LogP contribution in [0.15, 0.2) is 24.5 Å². The third kappa shape index (κ3) is 4.17. The van der Waals surface area contributed by atoms with E-state index in [4.69, 9.17) is 4.74 Å². The first-order chi connectivity index (χ1) is 13.3. The van der Waals surface area contributed by atoms with Crippen LogP contribution in [-0.4, -0.2) is 27.7 Å². The minimum absolute atomic E-state index is 0.0631. The summed E-state index contributed by atoms with van der Waals surface area (Å²) in [7, 11) is 0. The Balaban J connectivity index is 1.87. The summed E-state index contributed by atoms with van der Waals surface area (Å²) in [6, 6.07) is 4.18. The SMILES string of the molecule is CCCC(C(=O)O)c1ncc(C#Cc2cc3c(cc2C)OCCC3(C)C)cn1. The van der Waals surface area contributed by atoms with Crippen molar-refractivity contribution in [3.05, 3.63) is 52.6 Å². The standard InChI is InChI=1S/C23H26N2O3/c1-5-6-18(22(26)27)21-24-13-16(14-25-21)7-8-17-12-19-20(11-15(17)2)28-10-9-23(19,3)4/h11-14,18H,5-6,9-10H2,1-4H3,(H,26,27). The van der Waals surface area contributed by atoms with Gasteiger partial charge in [-0.2, -0.15) is 0 Å². The number of carbonyl (C=O) groups is 1. The highest BCUT2D eigenvalue weighted by atomic mass is 16.5. The number of nitrogens with zero attached hydrogens (tertiary/aromatic N) is 2. The molecule has 0 saturated carbocycles. The predicted molar refractivity (Wildman–Crippen MR) is 108 cm³/mol. The second-order valence-electron chi connectivity index (χ2n) is 7.91. The first kappa shape index (κ1) is 19.9. The summed E-state index contributed by atoms with van der Waals surface area (Å²) in [5.41, 5.74) is 3.93. The van der Waals surface area contributed by atoms with Crippen molar-refractivity contribution >= 4 is 5.97 Å². The van der Waals surface area contributed by atoms with E-state index < -0.39 is 11.9 Å². The largest absolute Gasteiger partial charge is 0.493 e. The van der Waals surface area contributed by atoms with Gasteiger partial charge in [-0.1, -0.05) is 39.0 Å². The molecule has 1 N–H and O–H groups in total. The smallest absolute Gasteiger partial charge is 0.314 e. The van der Waals surface area contributed by atoms with Gasteiger partial charge < -0.3 is 9.84 Å². The maximum absolute atomic E-state index is 11.4. The third-order valence-electron chi connectivity index (χ3n) is 5.24. The Morgan fingerprint density at radius 1 is 1.29 bits per heavy atom. The molecule has 0 radical (unpaired) electrons. The van der Waals surface area contributed by atoms with Crippen LogP contribution >= 0.6 is 0 Å². The lowest BCUT2D eigenvalue weighted by atomic mass is 9.78. The molecule has 0 saturated heterocycles. The van der Waals surface area contributed by atoms with E-state index in [1.807, 2.05) is 13.8 Å². The molecule has 3 rings (SSSR count). The minimum Gasteiger partial charge on any atom is -0.493 e. The molecule has 0 spiro atoms. The molecule has 0 aliphatic carbocycles.